The van der Waals surface area contributed by atoms with Gasteiger partial charge in [-0.3, -0.25) is 4.79 Å². The van der Waals surface area contributed by atoms with Crippen LogP contribution in [0.2, 0.25) is 0 Å². The molecule has 1 aromatic rings. The maximum Gasteiger partial charge on any atom is 0.162 e. The number of ketones is 1. The second-order valence-corrected chi connectivity index (χ2v) is 3.90. The van der Waals surface area contributed by atoms with E-state index in [-0.39, 0.29) is 19.0 Å². The van der Waals surface area contributed by atoms with Crippen molar-refractivity contribution in [2.75, 3.05) is 13.2 Å². The van der Waals surface area contributed by atoms with E-state index in [1.165, 1.54) is 0 Å². The SMILES string of the molecule is CCC(=O)c1ccc(C)c(OCC(O)CO)c1. The number of rotatable bonds is 6. The Morgan fingerprint density at radius 3 is 2.76 bits per heavy atom. The molecule has 0 fully saturated rings. The van der Waals surface area contributed by atoms with Gasteiger partial charge in [0.1, 0.15) is 18.5 Å². The van der Waals surface area contributed by atoms with E-state index in [4.69, 9.17) is 9.84 Å². The summed E-state index contributed by atoms with van der Waals surface area (Å²) in [6.45, 7) is 3.34. The number of hydrogen-bond acceptors (Lipinski definition) is 4. The van der Waals surface area contributed by atoms with Gasteiger partial charge >= 0.3 is 0 Å². The molecule has 0 aliphatic carbocycles. The van der Waals surface area contributed by atoms with Crippen LogP contribution >= 0.6 is 0 Å². The Hall–Kier alpha value is -1.39. The van der Waals surface area contributed by atoms with Crippen molar-refractivity contribution in [2.45, 2.75) is 26.4 Å². The van der Waals surface area contributed by atoms with Gasteiger partial charge in [-0.1, -0.05) is 19.1 Å². The number of hydrogen-bond donors (Lipinski definition) is 2. The molecule has 0 spiro atoms. The number of aliphatic hydroxyl groups is 2. The molecule has 0 aliphatic heterocycles. The Morgan fingerprint density at radius 2 is 2.18 bits per heavy atom. The van der Waals surface area contributed by atoms with E-state index in [2.05, 4.69) is 0 Å². The van der Waals surface area contributed by atoms with E-state index in [1.807, 2.05) is 13.0 Å². The van der Waals surface area contributed by atoms with Crippen molar-refractivity contribution in [1.29, 1.82) is 0 Å². The van der Waals surface area contributed by atoms with Crippen molar-refractivity contribution in [2.24, 2.45) is 0 Å². The zero-order chi connectivity index (χ0) is 12.8. The highest BCUT2D eigenvalue weighted by atomic mass is 16.5. The van der Waals surface area contributed by atoms with Gasteiger partial charge < -0.3 is 14.9 Å². The summed E-state index contributed by atoms with van der Waals surface area (Å²) in [6.07, 6.45) is -0.457. The van der Waals surface area contributed by atoms with Crippen LogP contribution in [0.5, 0.6) is 5.75 Å². The van der Waals surface area contributed by atoms with Gasteiger partial charge in [0.15, 0.2) is 5.78 Å². The lowest BCUT2D eigenvalue weighted by Crippen LogP contribution is -2.21. The molecule has 94 valence electrons. The fraction of sp³-hybridized carbons (Fsp3) is 0.462. The van der Waals surface area contributed by atoms with Crippen molar-refractivity contribution in [3.8, 4) is 5.75 Å². The van der Waals surface area contributed by atoms with Crippen LogP contribution in [0.1, 0.15) is 29.3 Å². The summed E-state index contributed by atoms with van der Waals surface area (Å²) in [5.74, 6) is 0.620. The van der Waals surface area contributed by atoms with Crippen molar-refractivity contribution in [3.63, 3.8) is 0 Å². The topological polar surface area (TPSA) is 66.8 Å². The third kappa shape index (κ3) is 3.84. The molecule has 1 atom stereocenters. The second kappa shape index (κ2) is 6.37. The van der Waals surface area contributed by atoms with Crippen LogP contribution in [0.4, 0.5) is 0 Å². The van der Waals surface area contributed by atoms with Gasteiger partial charge in [0.05, 0.1) is 6.61 Å². The molecular weight excluding hydrogens is 220 g/mol. The zero-order valence-electron chi connectivity index (χ0n) is 10.1. The zero-order valence-corrected chi connectivity index (χ0v) is 10.1. The number of carbonyl (C=O) groups is 1. The molecule has 0 saturated heterocycles. The summed E-state index contributed by atoms with van der Waals surface area (Å²) < 4.78 is 5.36. The highest BCUT2D eigenvalue weighted by molar-refractivity contribution is 5.96. The minimum absolute atomic E-state index is 0.0150. The molecule has 17 heavy (non-hydrogen) atoms. The molecule has 4 heteroatoms. The Labute approximate surface area is 101 Å². The monoisotopic (exact) mass is 238 g/mol. The third-order valence-corrected chi connectivity index (χ3v) is 2.47. The van der Waals surface area contributed by atoms with Gasteiger partial charge in [0.2, 0.25) is 0 Å². The summed E-state index contributed by atoms with van der Waals surface area (Å²) >= 11 is 0. The van der Waals surface area contributed by atoms with Gasteiger partial charge in [0, 0.05) is 12.0 Å². The van der Waals surface area contributed by atoms with Gasteiger partial charge in [-0.25, -0.2) is 0 Å². The minimum atomic E-state index is -0.903. The molecule has 1 unspecified atom stereocenters. The lowest BCUT2D eigenvalue weighted by molar-refractivity contribution is 0.0533. The van der Waals surface area contributed by atoms with Crippen molar-refractivity contribution in [3.05, 3.63) is 29.3 Å². The van der Waals surface area contributed by atoms with E-state index in [9.17, 15) is 9.90 Å². The van der Waals surface area contributed by atoms with Crippen LogP contribution in [0, 0.1) is 6.92 Å². The van der Waals surface area contributed by atoms with Crippen molar-refractivity contribution in [1.82, 2.24) is 0 Å². The van der Waals surface area contributed by atoms with Crippen LogP contribution < -0.4 is 4.74 Å². The Balaban J connectivity index is 2.80. The predicted octanol–water partition coefficient (Wildman–Crippen LogP) is 1.32. The first kappa shape index (κ1) is 13.7. The fourth-order valence-corrected chi connectivity index (χ4v) is 1.37. The van der Waals surface area contributed by atoms with Crippen LogP contribution in [0.25, 0.3) is 0 Å². The van der Waals surface area contributed by atoms with E-state index in [1.54, 1.807) is 19.1 Å². The maximum absolute atomic E-state index is 11.5. The first-order valence-electron chi connectivity index (χ1n) is 5.64. The third-order valence-electron chi connectivity index (χ3n) is 2.47. The Bertz CT molecular complexity index is 387. The number of benzene rings is 1. The summed E-state index contributed by atoms with van der Waals surface area (Å²) in [4.78, 5) is 11.5. The summed E-state index contributed by atoms with van der Waals surface area (Å²) in [7, 11) is 0. The van der Waals surface area contributed by atoms with Crippen LogP contribution in [-0.2, 0) is 0 Å². The molecular formula is C13H18O4. The smallest absolute Gasteiger partial charge is 0.162 e. The molecule has 2 N–H and O–H groups in total. The van der Waals surface area contributed by atoms with Gasteiger partial charge in [-0.05, 0) is 18.6 Å². The average Bonchev–Trinajstić information content (AvgIpc) is 2.36. The molecule has 0 aromatic heterocycles. The molecule has 0 bridgehead atoms. The maximum atomic E-state index is 11.5. The largest absolute Gasteiger partial charge is 0.491 e. The Kier molecular flexibility index (Phi) is 5.12. The predicted molar refractivity (Wildman–Crippen MR) is 64.4 cm³/mol. The van der Waals surface area contributed by atoms with Gasteiger partial charge in [-0.2, -0.15) is 0 Å². The second-order valence-electron chi connectivity index (χ2n) is 3.90. The first-order valence-corrected chi connectivity index (χ1v) is 5.64. The Morgan fingerprint density at radius 1 is 1.47 bits per heavy atom. The highest BCUT2D eigenvalue weighted by Crippen LogP contribution is 2.20. The molecule has 0 saturated carbocycles. The molecule has 4 nitrogen and oxygen atoms in total. The van der Waals surface area contributed by atoms with E-state index in [0.717, 1.165) is 5.56 Å². The molecule has 0 amide bonds. The highest BCUT2D eigenvalue weighted by Gasteiger charge is 2.09. The van der Waals surface area contributed by atoms with Gasteiger partial charge in [-0.15, -0.1) is 0 Å². The van der Waals surface area contributed by atoms with Crippen LogP contribution in [0.15, 0.2) is 18.2 Å². The summed E-state index contributed by atoms with van der Waals surface area (Å²) in [6, 6.07) is 5.24. The number of Topliss-reactive ketones (excluding diaryl/α,β-unsaturated/α-hetero) is 1. The standard InChI is InChI=1S/C13H18O4/c1-3-12(16)10-5-4-9(2)13(6-10)17-8-11(15)7-14/h4-6,11,14-15H,3,7-8H2,1-2H3. The number of carbonyl (C=O) groups excluding carboxylic acids is 1. The van der Waals surface area contributed by atoms with Crippen molar-refractivity contribution >= 4 is 5.78 Å². The fourth-order valence-electron chi connectivity index (χ4n) is 1.37. The molecule has 1 rings (SSSR count). The number of aryl methyl sites for hydroxylation is 1. The van der Waals surface area contributed by atoms with Gasteiger partial charge in [0.25, 0.3) is 0 Å². The first-order chi connectivity index (χ1) is 8.08. The summed E-state index contributed by atoms with van der Waals surface area (Å²) in [5.41, 5.74) is 1.49. The number of aliphatic hydroxyl groups excluding tert-OH is 2. The van der Waals surface area contributed by atoms with Crippen molar-refractivity contribution < 1.29 is 19.7 Å². The normalized spacial score (nSPS) is 12.2. The average molecular weight is 238 g/mol. The minimum Gasteiger partial charge on any atom is -0.491 e. The summed E-state index contributed by atoms with van der Waals surface area (Å²) in [5, 5.41) is 17.9. The van der Waals surface area contributed by atoms with E-state index >= 15 is 0 Å². The van der Waals surface area contributed by atoms with Crippen LogP contribution in [-0.4, -0.2) is 35.3 Å². The molecule has 1 aromatic carbocycles. The number of ether oxygens (including phenoxy) is 1. The lowest BCUT2D eigenvalue weighted by Gasteiger charge is -2.12. The molecule has 0 heterocycles. The van der Waals surface area contributed by atoms with E-state index in [0.29, 0.717) is 17.7 Å². The quantitative estimate of drug-likeness (QED) is 0.733. The molecule has 0 radical (unpaired) electrons. The van der Waals surface area contributed by atoms with Crippen LogP contribution in [0.3, 0.4) is 0 Å². The molecule has 0 aliphatic rings. The van der Waals surface area contributed by atoms with E-state index < -0.39 is 6.10 Å². The lowest BCUT2D eigenvalue weighted by atomic mass is 10.1.